The fourth-order valence-electron chi connectivity index (χ4n) is 2.83. The number of benzene rings is 1. The van der Waals surface area contributed by atoms with Crippen molar-refractivity contribution in [3.05, 3.63) is 24.3 Å². The molecule has 0 saturated heterocycles. The van der Waals surface area contributed by atoms with Crippen molar-refractivity contribution in [1.82, 2.24) is 0 Å². The first kappa shape index (κ1) is 16.0. The number of anilines is 1. The van der Waals surface area contributed by atoms with Gasteiger partial charge in [0.2, 0.25) is 0 Å². The zero-order valence-electron chi connectivity index (χ0n) is 12.5. The van der Waals surface area contributed by atoms with Crippen molar-refractivity contribution in [2.24, 2.45) is 5.41 Å². The van der Waals surface area contributed by atoms with E-state index in [1.54, 1.807) is 18.2 Å². The minimum Gasteiger partial charge on any atom is -0.404 e. The average Bonchev–Trinajstić information content (AvgIpc) is 2.52. The molecule has 1 aliphatic rings. The summed E-state index contributed by atoms with van der Waals surface area (Å²) in [7, 11) is 0. The van der Waals surface area contributed by atoms with E-state index < -0.39 is 6.36 Å². The third-order valence-electron chi connectivity index (χ3n) is 4.05. The zero-order chi connectivity index (χ0) is 15.5. The van der Waals surface area contributed by atoms with Gasteiger partial charge in [0.25, 0.3) is 0 Å². The van der Waals surface area contributed by atoms with E-state index in [0.29, 0.717) is 11.1 Å². The van der Waals surface area contributed by atoms with Crippen LogP contribution in [0.3, 0.4) is 0 Å². The van der Waals surface area contributed by atoms with Gasteiger partial charge in [-0.2, -0.15) is 0 Å². The first-order valence-corrected chi connectivity index (χ1v) is 7.36. The monoisotopic (exact) mass is 301 g/mol. The lowest BCUT2D eigenvalue weighted by Crippen LogP contribution is -2.22. The number of alkyl halides is 3. The molecule has 0 spiro atoms. The molecule has 118 valence electrons. The first-order chi connectivity index (χ1) is 9.75. The van der Waals surface area contributed by atoms with E-state index in [9.17, 15) is 13.2 Å². The number of ether oxygens (including phenoxy) is 1. The van der Waals surface area contributed by atoms with Crippen molar-refractivity contribution in [3.63, 3.8) is 0 Å². The van der Waals surface area contributed by atoms with Gasteiger partial charge < -0.3 is 10.1 Å². The molecule has 1 atom stereocenters. The fourth-order valence-corrected chi connectivity index (χ4v) is 2.83. The molecule has 0 radical (unpaired) electrons. The van der Waals surface area contributed by atoms with Gasteiger partial charge in [0.15, 0.2) is 5.75 Å². The maximum absolute atomic E-state index is 12.4. The zero-order valence-corrected chi connectivity index (χ0v) is 12.5. The number of para-hydroxylation sites is 2. The predicted octanol–water partition coefficient (Wildman–Crippen LogP) is 5.36. The van der Waals surface area contributed by atoms with E-state index in [-0.39, 0.29) is 11.8 Å². The summed E-state index contributed by atoms with van der Waals surface area (Å²) >= 11 is 0. The predicted molar refractivity (Wildman–Crippen MR) is 77.4 cm³/mol. The third kappa shape index (κ3) is 5.14. The Balaban J connectivity index is 2.06. The average molecular weight is 301 g/mol. The highest BCUT2D eigenvalue weighted by molar-refractivity contribution is 5.56. The van der Waals surface area contributed by atoms with Crippen LogP contribution in [0.5, 0.6) is 5.75 Å². The molecule has 1 unspecified atom stereocenters. The molecular weight excluding hydrogens is 279 g/mol. The number of hydrogen-bond acceptors (Lipinski definition) is 2. The lowest BCUT2D eigenvalue weighted by Gasteiger charge is -2.23. The molecular formula is C16H22F3NO. The summed E-state index contributed by atoms with van der Waals surface area (Å²) in [5.41, 5.74) is 0.734. The van der Waals surface area contributed by atoms with Gasteiger partial charge >= 0.3 is 6.36 Å². The van der Waals surface area contributed by atoms with Crippen molar-refractivity contribution >= 4 is 5.69 Å². The van der Waals surface area contributed by atoms with Gasteiger partial charge in [-0.15, -0.1) is 13.2 Å². The van der Waals surface area contributed by atoms with Crippen LogP contribution in [-0.2, 0) is 0 Å². The summed E-state index contributed by atoms with van der Waals surface area (Å²) < 4.78 is 41.3. The molecule has 1 aromatic rings. The highest BCUT2D eigenvalue weighted by atomic mass is 19.4. The highest BCUT2D eigenvalue weighted by Gasteiger charge is 2.32. The van der Waals surface area contributed by atoms with Crippen LogP contribution in [0.4, 0.5) is 18.9 Å². The van der Waals surface area contributed by atoms with E-state index in [0.717, 1.165) is 32.1 Å². The second kappa shape index (κ2) is 6.16. The van der Waals surface area contributed by atoms with Crippen molar-refractivity contribution in [2.45, 2.75) is 58.4 Å². The van der Waals surface area contributed by atoms with Crippen molar-refractivity contribution in [1.29, 1.82) is 0 Å². The van der Waals surface area contributed by atoms with Crippen LogP contribution >= 0.6 is 0 Å². The van der Waals surface area contributed by atoms with Crippen LogP contribution < -0.4 is 10.1 Å². The quantitative estimate of drug-likeness (QED) is 0.759. The topological polar surface area (TPSA) is 21.3 Å². The van der Waals surface area contributed by atoms with Gasteiger partial charge in [0.1, 0.15) is 0 Å². The SMILES string of the molecule is CC1(C)CCCC(Nc2ccccc2OC(F)(F)F)CC1. The normalized spacial score (nSPS) is 22.4. The van der Waals surface area contributed by atoms with Crippen LogP contribution in [0.1, 0.15) is 46.0 Å². The molecule has 1 aromatic carbocycles. The summed E-state index contributed by atoms with van der Waals surface area (Å²) in [6.45, 7) is 4.49. The lowest BCUT2D eigenvalue weighted by atomic mass is 9.85. The molecule has 0 heterocycles. The fraction of sp³-hybridized carbons (Fsp3) is 0.625. The molecule has 5 heteroatoms. The summed E-state index contributed by atoms with van der Waals surface area (Å²) in [4.78, 5) is 0. The van der Waals surface area contributed by atoms with Crippen LogP contribution in [0.25, 0.3) is 0 Å². The first-order valence-electron chi connectivity index (χ1n) is 7.36. The smallest absolute Gasteiger partial charge is 0.404 e. The van der Waals surface area contributed by atoms with E-state index in [2.05, 4.69) is 23.9 Å². The minimum absolute atomic E-state index is 0.159. The lowest BCUT2D eigenvalue weighted by molar-refractivity contribution is -0.274. The Morgan fingerprint density at radius 1 is 1.14 bits per heavy atom. The minimum atomic E-state index is -4.66. The Morgan fingerprint density at radius 2 is 1.86 bits per heavy atom. The molecule has 21 heavy (non-hydrogen) atoms. The van der Waals surface area contributed by atoms with E-state index in [1.807, 2.05) is 0 Å². The second-order valence-corrected chi connectivity index (χ2v) is 6.48. The summed E-state index contributed by atoms with van der Waals surface area (Å²) in [5.74, 6) is -0.159. The van der Waals surface area contributed by atoms with Crippen LogP contribution in [0, 0.1) is 5.41 Å². The Kier molecular flexibility index (Phi) is 4.69. The summed E-state index contributed by atoms with van der Waals surface area (Å²) in [5, 5.41) is 3.22. The van der Waals surface area contributed by atoms with Gasteiger partial charge in [-0.25, -0.2) is 0 Å². The molecule has 0 bridgehead atoms. The molecule has 0 amide bonds. The van der Waals surface area contributed by atoms with Crippen molar-refractivity contribution < 1.29 is 17.9 Å². The number of rotatable bonds is 3. The molecule has 1 aliphatic carbocycles. The maximum Gasteiger partial charge on any atom is 0.573 e. The molecule has 1 fully saturated rings. The summed E-state index contributed by atoms with van der Waals surface area (Å²) in [6.07, 6.45) is 0.603. The standard InChI is InChI=1S/C16H22F3NO/c1-15(2)10-5-6-12(9-11-15)20-13-7-3-4-8-14(13)21-16(17,18)19/h3-4,7-8,12,20H,5-6,9-11H2,1-2H3. The maximum atomic E-state index is 12.4. The largest absolute Gasteiger partial charge is 0.573 e. The summed E-state index contributed by atoms with van der Waals surface area (Å²) in [6, 6.07) is 6.44. The Labute approximate surface area is 123 Å². The van der Waals surface area contributed by atoms with Crippen LogP contribution in [-0.4, -0.2) is 12.4 Å². The van der Waals surface area contributed by atoms with Crippen LogP contribution in [0.15, 0.2) is 24.3 Å². The van der Waals surface area contributed by atoms with Gasteiger partial charge in [0.05, 0.1) is 5.69 Å². The van der Waals surface area contributed by atoms with Crippen molar-refractivity contribution in [2.75, 3.05) is 5.32 Å². The van der Waals surface area contributed by atoms with Gasteiger partial charge in [-0.3, -0.25) is 0 Å². The van der Waals surface area contributed by atoms with E-state index >= 15 is 0 Å². The molecule has 1 saturated carbocycles. The van der Waals surface area contributed by atoms with Gasteiger partial charge in [-0.05, 0) is 43.2 Å². The highest BCUT2D eigenvalue weighted by Crippen LogP contribution is 2.36. The van der Waals surface area contributed by atoms with E-state index in [1.165, 1.54) is 6.07 Å². The van der Waals surface area contributed by atoms with Gasteiger partial charge in [-0.1, -0.05) is 32.4 Å². The molecule has 2 nitrogen and oxygen atoms in total. The number of nitrogens with one attached hydrogen (secondary N) is 1. The Morgan fingerprint density at radius 3 is 2.57 bits per heavy atom. The second-order valence-electron chi connectivity index (χ2n) is 6.48. The Bertz CT molecular complexity index is 471. The number of hydrogen-bond donors (Lipinski definition) is 1. The molecule has 0 aliphatic heterocycles. The number of halogens is 3. The van der Waals surface area contributed by atoms with E-state index in [4.69, 9.17) is 0 Å². The van der Waals surface area contributed by atoms with Gasteiger partial charge in [0, 0.05) is 6.04 Å². The Hall–Kier alpha value is -1.39. The van der Waals surface area contributed by atoms with Crippen LogP contribution in [0.2, 0.25) is 0 Å². The third-order valence-corrected chi connectivity index (χ3v) is 4.05. The molecule has 0 aromatic heterocycles. The molecule has 1 N–H and O–H groups in total. The molecule has 2 rings (SSSR count). The van der Waals surface area contributed by atoms with Crippen molar-refractivity contribution in [3.8, 4) is 5.75 Å².